The van der Waals surface area contributed by atoms with Gasteiger partial charge in [-0.25, -0.2) is 4.98 Å². The summed E-state index contributed by atoms with van der Waals surface area (Å²) >= 11 is 5.87. The monoisotopic (exact) mass is 212 g/mol. The molecule has 1 atom stereocenters. The normalized spacial score (nSPS) is 18.4. The number of halogens is 1. The molecule has 14 heavy (non-hydrogen) atoms. The first-order chi connectivity index (χ1) is 6.85. The molecule has 0 bridgehead atoms. The smallest absolute Gasteiger partial charge is 0.0951 e. The van der Waals surface area contributed by atoms with Crippen molar-refractivity contribution in [2.75, 3.05) is 0 Å². The van der Waals surface area contributed by atoms with Crippen LogP contribution in [0.15, 0.2) is 12.5 Å². The fourth-order valence-electron chi connectivity index (χ4n) is 1.98. The van der Waals surface area contributed by atoms with E-state index in [2.05, 4.69) is 16.5 Å². The maximum absolute atomic E-state index is 5.87. The average molecular weight is 213 g/mol. The average Bonchev–Trinajstić information content (AvgIpc) is 2.90. The molecule has 1 heterocycles. The van der Waals surface area contributed by atoms with Crippen molar-refractivity contribution in [3.05, 3.63) is 18.2 Å². The summed E-state index contributed by atoms with van der Waals surface area (Å²) in [4.78, 5) is 4.17. The molecule has 78 valence electrons. The van der Waals surface area contributed by atoms with Crippen LogP contribution >= 0.6 is 11.6 Å². The fourth-order valence-corrected chi connectivity index (χ4v) is 2.19. The first-order valence-corrected chi connectivity index (χ1v) is 5.95. The second-order valence-electron chi connectivity index (χ2n) is 4.17. The van der Waals surface area contributed by atoms with Crippen LogP contribution in [0.2, 0.25) is 0 Å². The zero-order chi connectivity index (χ0) is 9.97. The minimum atomic E-state index is 0.571. The summed E-state index contributed by atoms with van der Waals surface area (Å²) < 4.78 is 2.26. The van der Waals surface area contributed by atoms with E-state index in [9.17, 15) is 0 Å². The summed E-state index contributed by atoms with van der Waals surface area (Å²) in [5.74, 6) is 1.53. The molecule has 0 aromatic carbocycles. The van der Waals surface area contributed by atoms with Gasteiger partial charge in [0.1, 0.15) is 0 Å². The van der Waals surface area contributed by atoms with Gasteiger partial charge in [-0.15, -0.1) is 11.6 Å². The van der Waals surface area contributed by atoms with Gasteiger partial charge in [0.25, 0.3) is 0 Å². The Hall–Kier alpha value is -0.500. The van der Waals surface area contributed by atoms with Gasteiger partial charge < -0.3 is 4.57 Å². The first kappa shape index (κ1) is 10.0. The minimum Gasteiger partial charge on any atom is -0.330 e. The Labute approximate surface area is 90.3 Å². The maximum Gasteiger partial charge on any atom is 0.0951 e. The van der Waals surface area contributed by atoms with E-state index in [1.54, 1.807) is 0 Å². The summed E-state index contributed by atoms with van der Waals surface area (Å²) in [5.41, 5.74) is 1.15. The van der Waals surface area contributed by atoms with Crippen molar-refractivity contribution in [3.8, 4) is 0 Å². The standard InChI is InChI=1S/C11H17ClN2/c1-2-10(5-9-3-4-9)14-8-13-7-11(14)6-12/h7-10H,2-6H2,1H3. The van der Waals surface area contributed by atoms with Gasteiger partial charge >= 0.3 is 0 Å². The van der Waals surface area contributed by atoms with E-state index in [0.29, 0.717) is 11.9 Å². The van der Waals surface area contributed by atoms with Crippen molar-refractivity contribution in [1.29, 1.82) is 0 Å². The van der Waals surface area contributed by atoms with Gasteiger partial charge in [0.2, 0.25) is 0 Å². The molecule has 1 fully saturated rings. The molecule has 2 nitrogen and oxygen atoms in total. The van der Waals surface area contributed by atoms with Gasteiger partial charge in [0.15, 0.2) is 0 Å². The highest BCUT2D eigenvalue weighted by atomic mass is 35.5. The number of hydrogen-bond donors (Lipinski definition) is 0. The van der Waals surface area contributed by atoms with Crippen LogP contribution in [0.4, 0.5) is 0 Å². The second-order valence-corrected chi connectivity index (χ2v) is 4.43. The molecule has 0 spiro atoms. The van der Waals surface area contributed by atoms with Gasteiger partial charge in [-0.3, -0.25) is 0 Å². The van der Waals surface area contributed by atoms with E-state index < -0.39 is 0 Å². The van der Waals surface area contributed by atoms with Gasteiger partial charge in [-0.2, -0.15) is 0 Å². The predicted octanol–water partition coefficient (Wildman–Crippen LogP) is 3.37. The second kappa shape index (κ2) is 4.35. The van der Waals surface area contributed by atoms with E-state index in [1.165, 1.54) is 25.7 Å². The number of rotatable bonds is 5. The Morgan fingerprint density at radius 3 is 3.00 bits per heavy atom. The Balaban J connectivity index is 2.08. The molecule has 1 aliphatic carbocycles. The van der Waals surface area contributed by atoms with E-state index in [4.69, 9.17) is 11.6 Å². The highest BCUT2D eigenvalue weighted by Gasteiger charge is 2.26. The van der Waals surface area contributed by atoms with Gasteiger partial charge in [0, 0.05) is 12.2 Å². The van der Waals surface area contributed by atoms with Crippen LogP contribution in [0, 0.1) is 5.92 Å². The molecule has 1 unspecified atom stereocenters. The largest absolute Gasteiger partial charge is 0.330 e. The van der Waals surface area contributed by atoms with Crippen molar-refractivity contribution in [2.45, 2.75) is 44.5 Å². The Morgan fingerprint density at radius 1 is 1.64 bits per heavy atom. The Morgan fingerprint density at radius 2 is 2.43 bits per heavy atom. The Kier molecular flexibility index (Phi) is 3.12. The summed E-state index contributed by atoms with van der Waals surface area (Å²) in [5, 5.41) is 0. The lowest BCUT2D eigenvalue weighted by molar-refractivity contribution is 0.421. The number of aromatic nitrogens is 2. The van der Waals surface area contributed by atoms with Crippen LogP contribution in [0.25, 0.3) is 0 Å². The predicted molar refractivity (Wildman–Crippen MR) is 58.5 cm³/mol. The quantitative estimate of drug-likeness (QED) is 0.685. The third-order valence-electron chi connectivity index (χ3n) is 3.05. The minimum absolute atomic E-state index is 0.571. The van der Waals surface area contributed by atoms with Crippen LogP contribution < -0.4 is 0 Å². The maximum atomic E-state index is 5.87. The number of alkyl halides is 1. The zero-order valence-electron chi connectivity index (χ0n) is 8.62. The van der Waals surface area contributed by atoms with Gasteiger partial charge in [-0.05, 0) is 18.8 Å². The number of hydrogen-bond acceptors (Lipinski definition) is 1. The summed E-state index contributed by atoms with van der Waals surface area (Å²) in [6.45, 7) is 2.24. The lowest BCUT2D eigenvalue weighted by atomic mass is 10.1. The molecule has 0 aliphatic heterocycles. The molecule has 0 saturated heterocycles. The molecular formula is C11H17ClN2. The molecule has 0 amide bonds. The van der Waals surface area contributed by atoms with E-state index in [-0.39, 0.29) is 0 Å². The molecule has 0 radical (unpaired) electrons. The topological polar surface area (TPSA) is 17.8 Å². The lowest BCUT2D eigenvalue weighted by Gasteiger charge is -2.18. The molecule has 3 heteroatoms. The summed E-state index contributed by atoms with van der Waals surface area (Å²) in [6, 6.07) is 0.610. The van der Waals surface area contributed by atoms with Crippen molar-refractivity contribution < 1.29 is 0 Å². The molecule has 1 aromatic rings. The van der Waals surface area contributed by atoms with E-state index in [0.717, 1.165) is 11.6 Å². The zero-order valence-corrected chi connectivity index (χ0v) is 9.37. The van der Waals surface area contributed by atoms with Crippen molar-refractivity contribution >= 4 is 11.6 Å². The summed E-state index contributed by atoms with van der Waals surface area (Å²) in [6.07, 6.45) is 9.12. The van der Waals surface area contributed by atoms with Crippen LogP contribution in [-0.2, 0) is 5.88 Å². The highest BCUT2D eigenvalue weighted by Crippen LogP contribution is 2.38. The van der Waals surface area contributed by atoms with E-state index in [1.807, 2.05) is 12.5 Å². The summed E-state index contributed by atoms with van der Waals surface area (Å²) in [7, 11) is 0. The third kappa shape index (κ3) is 2.11. The fraction of sp³-hybridized carbons (Fsp3) is 0.727. The van der Waals surface area contributed by atoms with E-state index >= 15 is 0 Å². The third-order valence-corrected chi connectivity index (χ3v) is 3.32. The molecule has 0 N–H and O–H groups in total. The molecule has 1 aromatic heterocycles. The van der Waals surface area contributed by atoms with Crippen molar-refractivity contribution in [3.63, 3.8) is 0 Å². The van der Waals surface area contributed by atoms with Crippen LogP contribution in [0.5, 0.6) is 0 Å². The van der Waals surface area contributed by atoms with Crippen LogP contribution in [0.1, 0.15) is 44.3 Å². The Bertz CT molecular complexity index is 291. The molecular weight excluding hydrogens is 196 g/mol. The van der Waals surface area contributed by atoms with Crippen LogP contribution in [0.3, 0.4) is 0 Å². The lowest BCUT2D eigenvalue weighted by Crippen LogP contribution is -2.10. The molecule has 1 saturated carbocycles. The van der Waals surface area contributed by atoms with Crippen molar-refractivity contribution in [1.82, 2.24) is 9.55 Å². The highest BCUT2D eigenvalue weighted by molar-refractivity contribution is 6.16. The number of imidazole rings is 1. The van der Waals surface area contributed by atoms with Gasteiger partial charge in [-0.1, -0.05) is 19.8 Å². The SMILES string of the molecule is CCC(CC1CC1)n1cncc1CCl. The van der Waals surface area contributed by atoms with Crippen LogP contribution in [-0.4, -0.2) is 9.55 Å². The molecule has 1 aliphatic rings. The molecule has 2 rings (SSSR count). The van der Waals surface area contributed by atoms with Gasteiger partial charge in [0.05, 0.1) is 17.9 Å². The first-order valence-electron chi connectivity index (χ1n) is 5.41. The van der Waals surface area contributed by atoms with Crippen molar-refractivity contribution in [2.24, 2.45) is 5.92 Å². The number of nitrogens with zero attached hydrogens (tertiary/aromatic N) is 2.